The molecule has 0 unspecified atom stereocenters. The van der Waals surface area contributed by atoms with Gasteiger partial charge in [-0.1, -0.05) is 0 Å². The third-order valence-corrected chi connectivity index (χ3v) is 2.22. The summed E-state index contributed by atoms with van der Waals surface area (Å²) in [6.07, 6.45) is -1.29. The molecule has 0 fully saturated rings. The van der Waals surface area contributed by atoms with Gasteiger partial charge in [0.05, 0.1) is 19.8 Å². The van der Waals surface area contributed by atoms with Crippen LogP contribution < -0.4 is 0 Å². The summed E-state index contributed by atoms with van der Waals surface area (Å²) in [5, 5.41) is 36.4. The lowest BCUT2D eigenvalue weighted by molar-refractivity contribution is -0.0712. The highest BCUT2D eigenvalue weighted by Crippen LogP contribution is 2.25. The Hall–Kier alpha value is -0.850. The van der Waals surface area contributed by atoms with E-state index in [2.05, 4.69) is 0 Å². The lowest BCUT2D eigenvalue weighted by Crippen LogP contribution is -2.65. The molecule has 90 valence electrons. The first kappa shape index (κ1) is 14.2. The summed E-state index contributed by atoms with van der Waals surface area (Å²) < 4.78 is 0. The van der Waals surface area contributed by atoms with E-state index < -0.39 is 37.0 Å². The summed E-state index contributed by atoms with van der Waals surface area (Å²) in [6.45, 7) is 2.96. The van der Waals surface area contributed by atoms with Crippen molar-refractivity contribution in [1.82, 2.24) is 4.90 Å². The highest BCUT2D eigenvalue weighted by molar-refractivity contribution is 5.67. The SMILES string of the molecule is CC(C)(C)N(C(=O)O)C(CO)(CO)CO. The summed E-state index contributed by atoms with van der Waals surface area (Å²) in [6, 6.07) is 0. The Morgan fingerprint density at radius 2 is 1.40 bits per heavy atom. The monoisotopic (exact) mass is 221 g/mol. The largest absolute Gasteiger partial charge is 0.465 e. The van der Waals surface area contributed by atoms with Gasteiger partial charge in [-0.15, -0.1) is 0 Å². The van der Waals surface area contributed by atoms with E-state index in [0.717, 1.165) is 4.90 Å². The van der Waals surface area contributed by atoms with Crippen molar-refractivity contribution in [2.45, 2.75) is 31.8 Å². The number of hydrogen-bond donors (Lipinski definition) is 4. The van der Waals surface area contributed by atoms with E-state index in [1.54, 1.807) is 20.8 Å². The fraction of sp³-hybridized carbons (Fsp3) is 0.889. The number of hydrogen-bond acceptors (Lipinski definition) is 4. The average Bonchev–Trinajstić information content (AvgIpc) is 2.11. The number of rotatable bonds is 4. The first-order chi connectivity index (χ1) is 6.75. The number of amides is 1. The third kappa shape index (κ3) is 2.80. The van der Waals surface area contributed by atoms with Crippen LogP contribution in [0.1, 0.15) is 20.8 Å². The summed E-state index contributed by atoms with van der Waals surface area (Å²) >= 11 is 0. The van der Waals surface area contributed by atoms with Crippen molar-refractivity contribution in [3.8, 4) is 0 Å². The molecule has 0 atom stereocenters. The zero-order valence-electron chi connectivity index (χ0n) is 9.27. The second-order valence-corrected chi connectivity index (χ2v) is 4.49. The smallest absolute Gasteiger partial charge is 0.408 e. The van der Waals surface area contributed by atoms with Crippen molar-refractivity contribution < 1.29 is 25.2 Å². The minimum Gasteiger partial charge on any atom is -0.465 e. The van der Waals surface area contributed by atoms with Gasteiger partial charge in [0.15, 0.2) is 0 Å². The minimum atomic E-state index is -1.55. The van der Waals surface area contributed by atoms with Gasteiger partial charge in [-0.2, -0.15) is 0 Å². The van der Waals surface area contributed by atoms with Crippen LogP contribution in [-0.2, 0) is 0 Å². The van der Waals surface area contributed by atoms with Crippen LogP contribution in [0.5, 0.6) is 0 Å². The topological polar surface area (TPSA) is 101 Å². The molecular weight excluding hydrogens is 202 g/mol. The molecule has 6 heteroatoms. The highest BCUT2D eigenvalue weighted by atomic mass is 16.4. The first-order valence-corrected chi connectivity index (χ1v) is 4.61. The zero-order chi connectivity index (χ0) is 12.3. The van der Waals surface area contributed by atoms with E-state index in [-0.39, 0.29) is 0 Å². The van der Waals surface area contributed by atoms with Crippen LogP contribution in [-0.4, -0.2) is 62.3 Å². The van der Waals surface area contributed by atoms with Crippen LogP contribution in [0.3, 0.4) is 0 Å². The van der Waals surface area contributed by atoms with Crippen molar-refractivity contribution in [3.05, 3.63) is 0 Å². The molecule has 0 spiro atoms. The van der Waals surface area contributed by atoms with Gasteiger partial charge < -0.3 is 20.4 Å². The number of carboxylic acid groups (broad SMARTS) is 1. The van der Waals surface area contributed by atoms with Gasteiger partial charge in [0, 0.05) is 5.54 Å². The molecular formula is C9H19NO5. The Morgan fingerprint density at radius 3 is 1.47 bits per heavy atom. The van der Waals surface area contributed by atoms with Crippen molar-refractivity contribution in [2.75, 3.05) is 19.8 Å². The number of aliphatic hydroxyl groups excluding tert-OH is 3. The van der Waals surface area contributed by atoms with E-state index in [0.29, 0.717) is 0 Å². The molecule has 0 aromatic carbocycles. The first-order valence-electron chi connectivity index (χ1n) is 4.61. The summed E-state index contributed by atoms with van der Waals surface area (Å²) in [5.74, 6) is 0. The minimum absolute atomic E-state index is 0.635. The predicted molar refractivity (Wildman–Crippen MR) is 53.6 cm³/mol. The van der Waals surface area contributed by atoms with Crippen LogP contribution in [0.15, 0.2) is 0 Å². The van der Waals surface area contributed by atoms with Gasteiger partial charge in [0.2, 0.25) is 0 Å². The van der Waals surface area contributed by atoms with Gasteiger partial charge in [-0.25, -0.2) is 4.79 Å². The number of carbonyl (C=O) groups is 1. The maximum Gasteiger partial charge on any atom is 0.408 e. The molecule has 0 aliphatic heterocycles. The Morgan fingerprint density at radius 1 is 1.07 bits per heavy atom. The summed E-state index contributed by atoms with van der Waals surface area (Å²) in [7, 11) is 0. The van der Waals surface area contributed by atoms with Crippen molar-refractivity contribution in [2.24, 2.45) is 0 Å². The van der Waals surface area contributed by atoms with Crippen LogP contribution in [0.25, 0.3) is 0 Å². The van der Waals surface area contributed by atoms with E-state index in [9.17, 15) is 4.79 Å². The molecule has 0 radical (unpaired) electrons. The number of nitrogens with zero attached hydrogens (tertiary/aromatic N) is 1. The normalized spacial score (nSPS) is 12.7. The molecule has 0 aromatic rings. The van der Waals surface area contributed by atoms with Crippen LogP contribution in [0.4, 0.5) is 4.79 Å². The molecule has 6 nitrogen and oxygen atoms in total. The van der Waals surface area contributed by atoms with E-state index >= 15 is 0 Å². The molecule has 0 saturated carbocycles. The fourth-order valence-corrected chi connectivity index (χ4v) is 1.56. The van der Waals surface area contributed by atoms with Gasteiger partial charge in [-0.05, 0) is 20.8 Å². The van der Waals surface area contributed by atoms with E-state index in [4.69, 9.17) is 20.4 Å². The Kier molecular flexibility index (Phi) is 4.51. The van der Waals surface area contributed by atoms with E-state index in [1.165, 1.54) is 0 Å². The van der Waals surface area contributed by atoms with Crippen LogP contribution in [0.2, 0.25) is 0 Å². The van der Waals surface area contributed by atoms with Gasteiger partial charge in [0.1, 0.15) is 5.54 Å². The number of aliphatic hydroxyl groups is 3. The lowest BCUT2D eigenvalue weighted by Gasteiger charge is -2.46. The predicted octanol–water partition coefficient (Wildman–Crippen LogP) is -0.519. The summed E-state index contributed by atoms with van der Waals surface area (Å²) in [5.41, 5.74) is -2.37. The molecule has 0 heterocycles. The highest BCUT2D eigenvalue weighted by Gasteiger charge is 2.44. The van der Waals surface area contributed by atoms with Crippen LogP contribution in [0, 0.1) is 0 Å². The van der Waals surface area contributed by atoms with Crippen molar-refractivity contribution >= 4 is 6.09 Å². The molecule has 1 amide bonds. The van der Waals surface area contributed by atoms with Crippen molar-refractivity contribution in [3.63, 3.8) is 0 Å². The molecule has 0 aromatic heterocycles. The average molecular weight is 221 g/mol. The Balaban J connectivity index is 5.29. The molecule has 4 N–H and O–H groups in total. The summed E-state index contributed by atoms with van der Waals surface area (Å²) in [4.78, 5) is 11.9. The van der Waals surface area contributed by atoms with Gasteiger partial charge in [0.25, 0.3) is 0 Å². The fourth-order valence-electron chi connectivity index (χ4n) is 1.56. The molecule has 0 aliphatic rings. The maximum absolute atomic E-state index is 11.1. The molecule has 0 saturated heterocycles. The zero-order valence-corrected chi connectivity index (χ0v) is 9.27. The van der Waals surface area contributed by atoms with Gasteiger partial charge >= 0.3 is 6.09 Å². The molecule has 0 aliphatic carbocycles. The Bertz CT molecular complexity index is 211. The second kappa shape index (κ2) is 4.78. The maximum atomic E-state index is 11.1. The van der Waals surface area contributed by atoms with E-state index in [1.807, 2.05) is 0 Å². The molecule has 15 heavy (non-hydrogen) atoms. The van der Waals surface area contributed by atoms with Gasteiger partial charge in [-0.3, -0.25) is 4.90 Å². The Labute approximate surface area is 88.8 Å². The molecule has 0 bridgehead atoms. The third-order valence-electron chi connectivity index (χ3n) is 2.22. The lowest BCUT2D eigenvalue weighted by atomic mass is 9.93. The van der Waals surface area contributed by atoms with Crippen molar-refractivity contribution in [1.29, 1.82) is 0 Å². The quantitative estimate of drug-likeness (QED) is 0.511. The second-order valence-electron chi connectivity index (χ2n) is 4.49. The molecule has 0 rings (SSSR count). The standard InChI is InChI=1S/C9H19NO5/c1-8(2,3)10(7(14)15)9(4-11,5-12)6-13/h11-13H,4-6H2,1-3H3,(H,14,15). The van der Waals surface area contributed by atoms with Crippen LogP contribution >= 0.6 is 0 Å².